The summed E-state index contributed by atoms with van der Waals surface area (Å²) in [6.07, 6.45) is 1.45. The molecule has 1 aliphatic rings. The second kappa shape index (κ2) is 9.66. The van der Waals surface area contributed by atoms with Crippen molar-refractivity contribution in [2.75, 3.05) is 18.1 Å². The van der Waals surface area contributed by atoms with E-state index in [1.54, 1.807) is 30.3 Å². The molecule has 31 heavy (non-hydrogen) atoms. The van der Waals surface area contributed by atoms with Gasteiger partial charge in [0.05, 0.1) is 21.7 Å². The lowest BCUT2D eigenvalue weighted by Gasteiger charge is -2.19. The average molecular weight is 482 g/mol. The number of rotatable bonds is 8. The number of carbonyl (C=O) groups excluding carboxylic acids is 2. The van der Waals surface area contributed by atoms with Gasteiger partial charge in [0.2, 0.25) is 10.0 Å². The number of halogens is 2. The Balaban J connectivity index is 1.76. The van der Waals surface area contributed by atoms with Crippen LogP contribution in [0.1, 0.15) is 23.2 Å². The minimum Gasteiger partial charge on any atom is -0.452 e. The third kappa shape index (κ3) is 5.74. The van der Waals surface area contributed by atoms with Crippen LogP contribution in [0.3, 0.4) is 0 Å². The van der Waals surface area contributed by atoms with Crippen LogP contribution in [0.5, 0.6) is 0 Å². The zero-order chi connectivity index (χ0) is 22.6. The number of carbonyl (C=O) groups is 2. The normalized spacial score (nSPS) is 13.3. The van der Waals surface area contributed by atoms with Crippen molar-refractivity contribution in [2.24, 2.45) is 0 Å². The highest BCUT2D eigenvalue weighted by molar-refractivity contribution is 7.89. The fourth-order valence-electron chi connectivity index (χ4n) is 2.66. The summed E-state index contributed by atoms with van der Waals surface area (Å²) in [5.41, 5.74) is 0.218. The van der Waals surface area contributed by atoms with Gasteiger partial charge in [-0.3, -0.25) is 9.69 Å². The highest BCUT2D eigenvalue weighted by atomic mass is 35.5. The van der Waals surface area contributed by atoms with Gasteiger partial charge in [0, 0.05) is 11.7 Å². The zero-order valence-electron chi connectivity index (χ0n) is 16.0. The van der Waals surface area contributed by atoms with E-state index in [1.165, 1.54) is 0 Å². The number of amides is 1. The summed E-state index contributed by atoms with van der Waals surface area (Å²) < 4.78 is 32.5. The molecule has 11 heteroatoms. The van der Waals surface area contributed by atoms with E-state index in [1.807, 2.05) is 6.07 Å². The fraction of sp³-hybridized carbons (Fsp3) is 0.250. The van der Waals surface area contributed by atoms with E-state index in [2.05, 4.69) is 4.72 Å². The molecule has 2 aromatic rings. The lowest BCUT2D eigenvalue weighted by Crippen LogP contribution is -2.35. The van der Waals surface area contributed by atoms with E-state index >= 15 is 0 Å². The van der Waals surface area contributed by atoms with Crippen LogP contribution in [0, 0.1) is 11.3 Å². The highest BCUT2D eigenvalue weighted by Crippen LogP contribution is 2.31. The number of benzene rings is 2. The molecule has 0 saturated heterocycles. The van der Waals surface area contributed by atoms with Crippen LogP contribution in [0.25, 0.3) is 0 Å². The van der Waals surface area contributed by atoms with Gasteiger partial charge in [0.1, 0.15) is 11.4 Å². The Bertz CT molecular complexity index is 1150. The van der Waals surface area contributed by atoms with Gasteiger partial charge in [-0.2, -0.15) is 5.26 Å². The molecule has 3 rings (SSSR count). The minimum atomic E-state index is -3.95. The van der Waals surface area contributed by atoms with Crippen LogP contribution in [-0.2, 0) is 19.6 Å². The molecule has 0 bridgehead atoms. The topological polar surface area (TPSA) is 117 Å². The maximum atomic E-state index is 12.5. The van der Waals surface area contributed by atoms with Gasteiger partial charge in [-0.15, -0.1) is 0 Å². The van der Waals surface area contributed by atoms with E-state index in [0.717, 1.165) is 29.9 Å². The molecule has 162 valence electrons. The molecule has 0 spiro atoms. The Hall–Kier alpha value is -2.64. The first-order valence-corrected chi connectivity index (χ1v) is 11.4. The molecule has 0 radical (unpaired) electrons. The third-order valence-electron chi connectivity index (χ3n) is 4.35. The molecule has 1 amide bonds. The number of sulfonamides is 1. The van der Waals surface area contributed by atoms with Gasteiger partial charge < -0.3 is 4.74 Å². The van der Waals surface area contributed by atoms with Crippen molar-refractivity contribution < 1.29 is 22.7 Å². The lowest BCUT2D eigenvalue weighted by molar-refractivity contribution is -0.121. The zero-order valence-corrected chi connectivity index (χ0v) is 18.4. The Kier molecular flexibility index (Phi) is 7.18. The van der Waals surface area contributed by atoms with E-state index in [-0.39, 0.29) is 33.1 Å². The maximum Gasteiger partial charge on any atom is 0.340 e. The summed E-state index contributed by atoms with van der Waals surface area (Å²) in [6, 6.07) is 12.3. The Labute approximate surface area is 189 Å². The number of esters is 1. The molecule has 0 heterocycles. The number of nitrogens with one attached hydrogen (secondary N) is 1. The summed E-state index contributed by atoms with van der Waals surface area (Å²) in [4.78, 5) is 25.9. The first-order valence-electron chi connectivity index (χ1n) is 9.14. The van der Waals surface area contributed by atoms with Gasteiger partial charge >= 0.3 is 5.97 Å². The SMILES string of the molecule is N#CCN(C(=O)COC(=O)c1cc(S(=O)(=O)NC2CC2)c(Cl)cc1Cl)c1ccccc1. The van der Waals surface area contributed by atoms with Gasteiger partial charge in [-0.25, -0.2) is 17.9 Å². The van der Waals surface area contributed by atoms with Crippen molar-refractivity contribution in [2.45, 2.75) is 23.8 Å². The summed E-state index contributed by atoms with van der Waals surface area (Å²) in [7, 11) is -3.95. The van der Waals surface area contributed by atoms with Crippen molar-refractivity contribution in [3.8, 4) is 6.07 Å². The summed E-state index contributed by atoms with van der Waals surface area (Å²) >= 11 is 12.1. The smallest absolute Gasteiger partial charge is 0.340 e. The molecule has 0 atom stereocenters. The molecule has 0 unspecified atom stereocenters. The molecule has 1 N–H and O–H groups in total. The van der Waals surface area contributed by atoms with Crippen LogP contribution in [-0.4, -0.2) is 39.5 Å². The monoisotopic (exact) mass is 481 g/mol. The van der Waals surface area contributed by atoms with Crippen molar-refractivity contribution in [3.63, 3.8) is 0 Å². The molecule has 1 aliphatic carbocycles. The molecule has 1 fully saturated rings. The minimum absolute atomic E-state index is 0.121. The molecule has 2 aromatic carbocycles. The number of nitriles is 1. The second-order valence-electron chi connectivity index (χ2n) is 6.71. The van der Waals surface area contributed by atoms with Crippen LogP contribution in [0.15, 0.2) is 47.4 Å². The standard InChI is InChI=1S/C20H17Cl2N3O5S/c21-16-11-17(22)18(31(28,29)24-13-6-7-13)10-15(16)20(27)30-12-19(26)25(9-8-23)14-4-2-1-3-5-14/h1-5,10-11,13,24H,6-7,9,12H2. The first-order chi connectivity index (χ1) is 14.7. The van der Waals surface area contributed by atoms with E-state index < -0.39 is 28.5 Å². The largest absolute Gasteiger partial charge is 0.452 e. The van der Waals surface area contributed by atoms with Gasteiger partial charge in [0.25, 0.3) is 5.91 Å². The molecule has 0 aromatic heterocycles. The van der Waals surface area contributed by atoms with E-state index in [0.29, 0.717) is 5.69 Å². The summed E-state index contributed by atoms with van der Waals surface area (Å²) in [6.45, 7) is -0.909. The molecular weight excluding hydrogens is 465 g/mol. The van der Waals surface area contributed by atoms with Gasteiger partial charge in [-0.1, -0.05) is 41.4 Å². The van der Waals surface area contributed by atoms with Crippen molar-refractivity contribution in [3.05, 3.63) is 58.1 Å². The van der Waals surface area contributed by atoms with E-state index in [9.17, 15) is 18.0 Å². The highest BCUT2D eigenvalue weighted by Gasteiger charge is 2.30. The number of ether oxygens (including phenoxy) is 1. The number of nitrogens with zero attached hydrogens (tertiary/aromatic N) is 2. The quantitative estimate of drug-likeness (QED) is 0.457. The molecule has 1 saturated carbocycles. The molecular formula is C20H17Cl2N3O5S. The second-order valence-corrected chi connectivity index (χ2v) is 9.20. The van der Waals surface area contributed by atoms with Crippen molar-refractivity contribution >= 4 is 50.8 Å². The predicted octanol–water partition coefficient (Wildman–Crippen LogP) is 3.15. The molecule has 8 nitrogen and oxygen atoms in total. The maximum absolute atomic E-state index is 12.5. The Morgan fingerprint density at radius 1 is 1.16 bits per heavy atom. The number of para-hydroxylation sites is 1. The number of hydrogen-bond donors (Lipinski definition) is 1. The van der Waals surface area contributed by atoms with Crippen LogP contribution in [0.2, 0.25) is 10.0 Å². The van der Waals surface area contributed by atoms with E-state index in [4.69, 9.17) is 33.2 Å². The summed E-state index contributed by atoms with van der Waals surface area (Å²) in [5.74, 6) is -1.63. The van der Waals surface area contributed by atoms with Gasteiger partial charge in [-0.05, 0) is 37.1 Å². The Morgan fingerprint density at radius 2 is 1.84 bits per heavy atom. The summed E-state index contributed by atoms with van der Waals surface area (Å²) in [5, 5.41) is 8.73. The van der Waals surface area contributed by atoms with Crippen LogP contribution >= 0.6 is 23.2 Å². The van der Waals surface area contributed by atoms with Crippen molar-refractivity contribution in [1.82, 2.24) is 4.72 Å². The Morgan fingerprint density at radius 3 is 2.45 bits per heavy atom. The predicted molar refractivity (Wildman–Crippen MR) is 114 cm³/mol. The van der Waals surface area contributed by atoms with Crippen LogP contribution in [0.4, 0.5) is 5.69 Å². The van der Waals surface area contributed by atoms with Crippen molar-refractivity contribution in [1.29, 1.82) is 5.26 Å². The lowest BCUT2D eigenvalue weighted by atomic mass is 10.2. The van der Waals surface area contributed by atoms with Crippen LogP contribution < -0.4 is 9.62 Å². The number of hydrogen-bond acceptors (Lipinski definition) is 6. The van der Waals surface area contributed by atoms with Gasteiger partial charge in [0.15, 0.2) is 6.61 Å². The third-order valence-corrected chi connectivity index (χ3v) is 6.65. The molecule has 0 aliphatic heterocycles. The first kappa shape index (κ1) is 23.0. The average Bonchev–Trinajstić information content (AvgIpc) is 3.53. The number of anilines is 1. The fourth-order valence-corrected chi connectivity index (χ4v) is 4.82.